The van der Waals surface area contributed by atoms with E-state index in [9.17, 15) is 18.0 Å². The van der Waals surface area contributed by atoms with Gasteiger partial charge in [0.1, 0.15) is 0 Å². The molecule has 0 saturated heterocycles. The van der Waals surface area contributed by atoms with Crippen molar-refractivity contribution in [1.29, 1.82) is 0 Å². The van der Waals surface area contributed by atoms with E-state index in [-0.39, 0.29) is 13.2 Å². The Morgan fingerprint density at radius 1 is 1.36 bits per heavy atom. The number of hydrogen-bond acceptors (Lipinski definition) is 3. The molecule has 0 heterocycles. The van der Waals surface area contributed by atoms with Crippen LogP contribution in [0, 0.1) is 0 Å². The molecule has 0 aliphatic heterocycles. The molecule has 0 aromatic carbocycles. The minimum Gasteiger partial charge on any atom is -0.380 e. The zero-order valence-electron chi connectivity index (χ0n) is 7.56. The number of carbonyl (C=O) groups excluding carboxylic acids is 1. The highest BCUT2D eigenvalue weighted by molar-refractivity contribution is 5.81. The summed E-state index contributed by atoms with van der Waals surface area (Å²) in [6.07, 6.45) is -4.47. The topological polar surface area (TPSA) is 64.3 Å². The summed E-state index contributed by atoms with van der Waals surface area (Å²) >= 11 is 0. The number of alkyl halides is 3. The number of ether oxygens (including phenoxy) is 1. The molecule has 0 rings (SSSR count). The summed E-state index contributed by atoms with van der Waals surface area (Å²) in [4.78, 5) is 10.3. The van der Waals surface area contributed by atoms with Crippen LogP contribution in [-0.4, -0.2) is 38.4 Å². The molecule has 0 aromatic heterocycles. The number of nitrogens with two attached hydrogens (primary N) is 1. The molecule has 0 unspecified atom stereocenters. The lowest BCUT2D eigenvalue weighted by atomic mass is 10.4. The Morgan fingerprint density at radius 2 is 2.00 bits per heavy atom. The van der Waals surface area contributed by atoms with Crippen LogP contribution in [0.2, 0.25) is 0 Å². The van der Waals surface area contributed by atoms with Crippen LogP contribution in [0.5, 0.6) is 0 Å². The van der Waals surface area contributed by atoms with Crippen LogP contribution in [0.3, 0.4) is 0 Å². The Balaban J connectivity index is 3.33. The fraction of sp³-hybridized carbons (Fsp3) is 0.857. The number of carbonyl (C=O) groups is 1. The van der Waals surface area contributed by atoms with E-state index in [2.05, 4.69) is 0 Å². The molecule has 84 valence electrons. The minimum absolute atomic E-state index is 0.0527. The number of hydrogen-bond donors (Lipinski definition) is 2. The fourth-order valence-electron chi connectivity index (χ4n) is 0.662. The van der Waals surface area contributed by atoms with E-state index in [0.717, 1.165) is 0 Å². The van der Waals surface area contributed by atoms with Crippen LogP contribution in [0.15, 0.2) is 0 Å². The number of amides is 1. The van der Waals surface area contributed by atoms with Gasteiger partial charge in [0.15, 0.2) is 0 Å². The van der Waals surface area contributed by atoms with Crippen LogP contribution in [0.4, 0.5) is 13.2 Å². The van der Waals surface area contributed by atoms with E-state index in [1.54, 1.807) is 5.32 Å². The van der Waals surface area contributed by atoms with Crippen molar-refractivity contribution in [1.82, 2.24) is 5.32 Å². The number of nitrogens with one attached hydrogen (secondary N) is 1. The van der Waals surface area contributed by atoms with Gasteiger partial charge in [0.05, 0.1) is 6.61 Å². The third-order valence-corrected chi connectivity index (χ3v) is 1.27. The second-order valence-electron chi connectivity index (χ2n) is 2.51. The lowest BCUT2D eigenvalue weighted by Crippen LogP contribution is -2.37. The van der Waals surface area contributed by atoms with Gasteiger partial charge in [0.25, 0.3) is 0 Å². The van der Waals surface area contributed by atoms with Crippen molar-refractivity contribution in [2.45, 2.75) is 12.6 Å². The highest BCUT2D eigenvalue weighted by Gasteiger charge is 2.38. The molecule has 0 saturated carbocycles. The molecule has 0 spiro atoms. The van der Waals surface area contributed by atoms with Crippen LogP contribution in [0.1, 0.15) is 6.42 Å². The van der Waals surface area contributed by atoms with Crippen molar-refractivity contribution < 1.29 is 22.7 Å². The highest BCUT2D eigenvalue weighted by atomic mass is 19.4. The first-order valence-electron chi connectivity index (χ1n) is 4.11. The van der Waals surface area contributed by atoms with Gasteiger partial charge in [0.2, 0.25) is 0 Å². The molecular weight excluding hydrogens is 201 g/mol. The number of halogens is 3. The maximum absolute atomic E-state index is 11.6. The van der Waals surface area contributed by atoms with Gasteiger partial charge in [-0.3, -0.25) is 4.79 Å². The minimum atomic E-state index is -4.81. The molecular formula is C7H13F3N2O2. The first kappa shape index (κ1) is 13.2. The predicted molar refractivity (Wildman–Crippen MR) is 43.6 cm³/mol. The standard InChI is InChI=1S/C7H13F3N2O2/c8-7(9,10)6(13)12-3-1-4-14-5-2-11/h1-5,11H2,(H,12,13). The van der Waals surface area contributed by atoms with Gasteiger partial charge >= 0.3 is 12.1 Å². The summed E-state index contributed by atoms with van der Waals surface area (Å²) in [7, 11) is 0. The summed E-state index contributed by atoms with van der Waals surface area (Å²) in [6.45, 7) is 0.973. The summed E-state index contributed by atoms with van der Waals surface area (Å²) in [5.74, 6) is -1.92. The van der Waals surface area contributed by atoms with Gasteiger partial charge in [-0.05, 0) is 6.42 Å². The zero-order valence-corrected chi connectivity index (χ0v) is 7.56. The molecule has 0 fully saturated rings. The molecule has 0 atom stereocenters. The smallest absolute Gasteiger partial charge is 0.380 e. The molecule has 7 heteroatoms. The molecule has 0 aliphatic carbocycles. The lowest BCUT2D eigenvalue weighted by molar-refractivity contribution is -0.173. The Labute approximate surface area is 79.6 Å². The molecule has 1 amide bonds. The van der Waals surface area contributed by atoms with Gasteiger partial charge in [-0.1, -0.05) is 0 Å². The van der Waals surface area contributed by atoms with Gasteiger partial charge in [-0.2, -0.15) is 13.2 Å². The van der Waals surface area contributed by atoms with Crippen molar-refractivity contribution >= 4 is 5.91 Å². The van der Waals surface area contributed by atoms with Crippen LogP contribution in [-0.2, 0) is 9.53 Å². The van der Waals surface area contributed by atoms with Crippen molar-refractivity contribution in [3.63, 3.8) is 0 Å². The summed E-state index contributed by atoms with van der Waals surface area (Å²) in [5, 5.41) is 1.72. The average Bonchev–Trinajstić information content (AvgIpc) is 2.09. The van der Waals surface area contributed by atoms with E-state index in [0.29, 0.717) is 19.6 Å². The first-order valence-corrected chi connectivity index (χ1v) is 4.11. The maximum atomic E-state index is 11.6. The van der Waals surface area contributed by atoms with Gasteiger partial charge in [-0.25, -0.2) is 0 Å². The van der Waals surface area contributed by atoms with Gasteiger partial charge in [0, 0.05) is 19.7 Å². The zero-order chi connectivity index (χ0) is 11.0. The Bertz CT molecular complexity index is 173. The second kappa shape index (κ2) is 6.61. The molecule has 0 aliphatic rings. The maximum Gasteiger partial charge on any atom is 0.471 e. The van der Waals surface area contributed by atoms with Crippen molar-refractivity contribution in [3.05, 3.63) is 0 Å². The van der Waals surface area contributed by atoms with Crippen molar-refractivity contribution in [3.8, 4) is 0 Å². The van der Waals surface area contributed by atoms with E-state index in [4.69, 9.17) is 10.5 Å². The molecule has 0 bridgehead atoms. The van der Waals surface area contributed by atoms with Crippen LogP contribution >= 0.6 is 0 Å². The third-order valence-electron chi connectivity index (χ3n) is 1.27. The van der Waals surface area contributed by atoms with E-state index in [1.165, 1.54) is 0 Å². The SMILES string of the molecule is NCCOCCCNC(=O)C(F)(F)F. The lowest BCUT2D eigenvalue weighted by Gasteiger charge is -2.07. The molecule has 3 N–H and O–H groups in total. The van der Waals surface area contributed by atoms with E-state index >= 15 is 0 Å². The van der Waals surface area contributed by atoms with Crippen LogP contribution in [0.25, 0.3) is 0 Å². The normalized spacial score (nSPS) is 11.4. The molecule has 4 nitrogen and oxygen atoms in total. The van der Waals surface area contributed by atoms with Crippen LogP contribution < -0.4 is 11.1 Å². The number of rotatable bonds is 6. The molecule has 0 radical (unpaired) electrons. The Kier molecular flexibility index (Phi) is 6.22. The second-order valence-corrected chi connectivity index (χ2v) is 2.51. The summed E-state index contributed by atoms with van der Waals surface area (Å²) < 4.78 is 39.8. The summed E-state index contributed by atoms with van der Waals surface area (Å²) in [6, 6.07) is 0. The molecule has 14 heavy (non-hydrogen) atoms. The predicted octanol–water partition coefficient (Wildman–Crippen LogP) is 0.0303. The first-order chi connectivity index (χ1) is 6.48. The van der Waals surface area contributed by atoms with Crippen molar-refractivity contribution in [2.75, 3.05) is 26.3 Å². The van der Waals surface area contributed by atoms with E-state index < -0.39 is 12.1 Å². The highest BCUT2D eigenvalue weighted by Crippen LogP contribution is 2.13. The fourth-order valence-corrected chi connectivity index (χ4v) is 0.662. The average molecular weight is 214 g/mol. The Morgan fingerprint density at radius 3 is 2.50 bits per heavy atom. The van der Waals surface area contributed by atoms with Crippen molar-refractivity contribution in [2.24, 2.45) is 5.73 Å². The van der Waals surface area contributed by atoms with Gasteiger partial charge < -0.3 is 15.8 Å². The monoisotopic (exact) mass is 214 g/mol. The molecule has 0 aromatic rings. The summed E-state index contributed by atoms with van der Waals surface area (Å²) in [5.41, 5.74) is 5.11. The largest absolute Gasteiger partial charge is 0.471 e. The van der Waals surface area contributed by atoms with E-state index in [1.807, 2.05) is 0 Å². The van der Waals surface area contributed by atoms with Gasteiger partial charge in [-0.15, -0.1) is 0 Å². The third kappa shape index (κ3) is 6.67. The quantitative estimate of drug-likeness (QED) is 0.613. The Hall–Kier alpha value is -0.820.